The molecule has 0 radical (unpaired) electrons. The van der Waals surface area contributed by atoms with E-state index in [2.05, 4.69) is 46.6 Å². The van der Waals surface area contributed by atoms with Gasteiger partial charge in [-0.05, 0) is 23.3 Å². The van der Waals surface area contributed by atoms with Crippen LogP contribution in [0.3, 0.4) is 0 Å². The average Bonchev–Trinajstić information content (AvgIpc) is 2.97. The van der Waals surface area contributed by atoms with Crippen molar-refractivity contribution in [1.29, 1.82) is 0 Å². The lowest BCUT2D eigenvalue weighted by atomic mass is 10.1. The minimum Gasteiger partial charge on any atom is -0.157 e. The van der Waals surface area contributed by atoms with Gasteiger partial charge in [0.05, 0.1) is 6.04 Å². The zero-order valence-corrected chi connectivity index (χ0v) is 11.3. The Balaban J connectivity index is 1.77. The summed E-state index contributed by atoms with van der Waals surface area (Å²) in [6, 6.07) is 20.5. The van der Waals surface area contributed by atoms with E-state index >= 15 is 0 Å². The van der Waals surface area contributed by atoms with Crippen molar-refractivity contribution in [1.82, 2.24) is 20.2 Å². The highest BCUT2D eigenvalue weighted by atomic mass is 15.6. The summed E-state index contributed by atoms with van der Waals surface area (Å²) in [5.41, 5.74) is 2.37. The second kappa shape index (κ2) is 5.65. The van der Waals surface area contributed by atoms with E-state index in [1.807, 2.05) is 36.4 Å². The Morgan fingerprint density at radius 2 is 1.60 bits per heavy atom. The number of nitrogens with zero attached hydrogens (tertiary/aromatic N) is 4. The van der Waals surface area contributed by atoms with Crippen LogP contribution < -0.4 is 0 Å². The molecular formula is C16H16N4. The molecule has 2 aromatic carbocycles. The van der Waals surface area contributed by atoms with Crippen LogP contribution in [0.2, 0.25) is 0 Å². The number of aromatic nitrogens is 4. The molecule has 0 fully saturated rings. The third-order valence-corrected chi connectivity index (χ3v) is 3.30. The first kappa shape index (κ1) is 12.5. The fourth-order valence-electron chi connectivity index (χ4n) is 2.13. The number of rotatable bonds is 4. The van der Waals surface area contributed by atoms with Crippen LogP contribution in [0.15, 0.2) is 60.7 Å². The van der Waals surface area contributed by atoms with Gasteiger partial charge in [0.15, 0.2) is 5.82 Å². The van der Waals surface area contributed by atoms with Crippen LogP contribution in [0.4, 0.5) is 0 Å². The standard InChI is InChI=1S/C16H16N4/c1-13(15-10-6-3-7-11-15)20-18-16(17-19-20)12-14-8-4-2-5-9-14/h2-11,13H,12H2,1H3. The monoisotopic (exact) mass is 264 g/mol. The molecule has 1 unspecified atom stereocenters. The van der Waals surface area contributed by atoms with Gasteiger partial charge in [0.25, 0.3) is 0 Å². The van der Waals surface area contributed by atoms with Crippen LogP contribution in [0.1, 0.15) is 29.9 Å². The van der Waals surface area contributed by atoms with Crippen molar-refractivity contribution in [3.05, 3.63) is 77.6 Å². The molecule has 0 bridgehead atoms. The first-order valence-corrected chi connectivity index (χ1v) is 6.70. The third-order valence-electron chi connectivity index (χ3n) is 3.30. The van der Waals surface area contributed by atoms with E-state index in [9.17, 15) is 0 Å². The van der Waals surface area contributed by atoms with Crippen molar-refractivity contribution >= 4 is 0 Å². The second-order valence-electron chi connectivity index (χ2n) is 4.78. The Labute approximate surface area is 118 Å². The normalized spacial score (nSPS) is 12.2. The van der Waals surface area contributed by atoms with Crippen LogP contribution in [-0.2, 0) is 6.42 Å². The molecule has 100 valence electrons. The topological polar surface area (TPSA) is 43.6 Å². The Hall–Kier alpha value is -2.49. The first-order chi connectivity index (χ1) is 9.83. The highest BCUT2D eigenvalue weighted by Gasteiger charge is 2.11. The van der Waals surface area contributed by atoms with Crippen molar-refractivity contribution in [3.63, 3.8) is 0 Å². The van der Waals surface area contributed by atoms with Crippen molar-refractivity contribution in [2.75, 3.05) is 0 Å². The molecule has 0 saturated heterocycles. The fraction of sp³-hybridized carbons (Fsp3) is 0.188. The van der Waals surface area contributed by atoms with Crippen LogP contribution in [0.25, 0.3) is 0 Å². The molecule has 3 aromatic rings. The summed E-state index contributed by atoms with van der Waals surface area (Å²) in [6.45, 7) is 2.07. The van der Waals surface area contributed by atoms with Gasteiger partial charge in [-0.3, -0.25) is 0 Å². The number of benzene rings is 2. The molecule has 0 saturated carbocycles. The maximum absolute atomic E-state index is 4.48. The number of hydrogen-bond acceptors (Lipinski definition) is 3. The number of tetrazole rings is 1. The Kier molecular flexibility index (Phi) is 3.54. The zero-order chi connectivity index (χ0) is 13.8. The maximum Gasteiger partial charge on any atom is 0.179 e. The molecule has 1 heterocycles. The molecule has 4 heteroatoms. The van der Waals surface area contributed by atoms with Crippen LogP contribution in [0, 0.1) is 0 Å². The van der Waals surface area contributed by atoms with Gasteiger partial charge in [-0.1, -0.05) is 60.7 Å². The molecular weight excluding hydrogens is 248 g/mol. The smallest absolute Gasteiger partial charge is 0.157 e. The van der Waals surface area contributed by atoms with Crippen LogP contribution in [0.5, 0.6) is 0 Å². The molecule has 1 aromatic heterocycles. The van der Waals surface area contributed by atoms with Gasteiger partial charge in [0, 0.05) is 6.42 Å². The number of hydrogen-bond donors (Lipinski definition) is 0. The lowest BCUT2D eigenvalue weighted by Crippen LogP contribution is -2.10. The molecule has 0 amide bonds. The summed E-state index contributed by atoms with van der Waals surface area (Å²) in [7, 11) is 0. The Morgan fingerprint density at radius 3 is 2.30 bits per heavy atom. The molecule has 0 N–H and O–H groups in total. The minimum absolute atomic E-state index is 0.0909. The van der Waals surface area contributed by atoms with Gasteiger partial charge in [-0.15, -0.1) is 10.2 Å². The van der Waals surface area contributed by atoms with Gasteiger partial charge in [-0.25, -0.2) is 0 Å². The highest BCUT2D eigenvalue weighted by Crippen LogP contribution is 2.15. The van der Waals surface area contributed by atoms with Crippen molar-refractivity contribution < 1.29 is 0 Å². The van der Waals surface area contributed by atoms with E-state index in [0.29, 0.717) is 6.42 Å². The van der Waals surface area contributed by atoms with Crippen molar-refractivity contribution in [3.8, 4) is 0 Å². The molecule has 20 heavy (non-hydrogen) atoms. The van der Waals surface area contributed by atoms with E-state index in [4.69, 9.17) is 0 Å². The van der Waals surface area contributed by atoms with Crippen molar-refractivity contribution in [2.24, 2.45) is 0 Å². The maximum atomic E-state index is 4.48. The first-order valence-electron chi connectivity index (χ1n) is 6.70. The molecule has 4 nitrogen and oxygen atoms in total. The molecule has 1 atom stereocenters. The summed E-state index contributed by atoms with van der Waals surface area (Å²) in [4.78, 5) is 1.67. The Bertz CT molecular complexity index is 661. The van der Waals surface area contributed by atoms with Gasteiger partial charge in [0.1, 0.15) is 0 Å². The molecule has 0 aliphatic heterocycles. The van der Waals surface area contributed by atoms with Crippen molar-refractivity contribution in [2.45, 2.75) is 19.4 Å². The zero-order valence-electron chi connectivity index (χ0n) is 11.3. The summed E-state index contributed by atoms with van der Waals surface area (Å²) in [5, 5.41) is 12.8. The van der Waals surface area contributed by atoms with E-state index in [1.54, 1.807) is 4.80 Å². The van der Waals surface area contributed by atoms with E-state index in [-0.39, 0.29) is 6.04 Å². The van der Waals surface area contributed by atoms with Gasteiger partial charge in [0.2, 0.25) is 0 Å². The molecule has 0 spiro atoms. The summed E-state index contributed by atoms with van der Waals surface area (Å²) in [5.74, 6) is 0.749. The lowest BCUT2D eigenvalue weighted by molar-refractivity contribution is 0.479. The van der Waals surface area contributed by atoms with Crippen LogP contribution >= 0.6 is 0 Å². The van der Waals surface area contributed by atoms with E-state index in [0.717, 1.165) is 5.82 Å². The van der Waals surface area contributed by atoms with E-state index in [1.165, 1.54) is 11.1 Å². The average molecular weight is 264 g/mol. The summed E-state index contributed by atoms with van der Waals surface area (Å²) in [6.07, 6.45) is 0.711. The molecule has 3 rings (SSSR count). The minimum atomic E-state index is 0.0909. The van der Waals surface area contributed by atoms with Gasteiger partial charge >= 0.3 is 0 Å². The fourth-order valence-corrected chi connectivity index (χ4v) is 2.13. The summed E-state index contributed by atoms with van der Waals surface area (Å²) < 4.78 is 0. The third kappa shape index (κ3) is 2.74. The largest absolute Gasteiger partial charge is 0.179 e. The highest BCUT2D eigenvalue weighted by molar-refractivity contribution is 5.19. The molecule has 0 aliphatic carbocycles. The second-order valence-corrected chi connectivity index (χ2v) is 4.78. The van der Waals surface area contributed by atoms with Gasteiger partial charge < -0.3 is 0 Å². The predicted octanol–water partition coefficient (Wildman–Crippen LogP) is 2.87. The lowest BCUT2D eigenvalue weighted by Gasteiger charge is -2.09. The predicted molar refractivity (Wildman–Crippen MR) is 77.3 cm³/mol. The summed E-state index contributed by atoms with van der Waals surface area (Å²) >= 11 is 0. The van der Waals surface area contributed by atoms with Crippen LogP contribution in [-0.4, -0.2) is 20.2 Å². The van der Waals surface area contributed by atoms with E-state index < -0.39 is 0 Å². The Morgan fingerprint density at radius 1 is 0.950 bits per heavy atom. The molecule has 0 aliphatic rings. The van der Waals surface area contributed by atoms with Gasteiger partial charge in [-0.2, -0.15) is 4.80 Å². The quantitative estimate of drug-likeness (QED) is 0.727. The SMILES string of the molecule is CC(c1ccccc1)n1nnc(Cc2ccccc2)n1.